The minimum absolute atomic E-state index is 0.163. The Morgan fingerprint density at radius 1 is 1.16 bits per heavy atom. The van der Waals surface area contributed by atoms with E-state index in [0.717, 1.165) is 0 Å². The SMILES string of the molecule is CCOC(=O)C[C@@H]1C(C)(C)CO[C@@]1(C)C(=O)OCC. The van der Waals surface area contributed by atoms with Crippen LogP contribution in [-0.2, 0) is 23.8 Å². The fourth-order valence-corrected chi connectivity index (χ4v) is 2.62. The highest BCUT2D eigenvalue weighted by Gasteiger charge is 2.57. The summed E-state index contributed by atoms with van der Waals surface area (Å²) in [5.74, 6) is -0.963. The van der Waals surface area contributed by atoms with Crippen LogP contribution in [0.4, 0.5) is 0 Å². The van der Waals surface area contributed by atoms with Crippen LogP contribution in [0.5, 0.6) is 0 Å². The standard InChI is InChI=1S/C14H24O5/c1-6-17-11(15)8-10-13(3,4)9-19-14(10,5)12(16)18-7-2/h10H,6-9H2,1-5H3/t10-,14-/m1/s1. The summed E-state index contributed by atoms with van der Waals surface area (Å²) in [6.07, 6.45) is 0.163. The molecule has 2 atom stereocenters. The minimum atomic E-state index is -1.08. The first kappa shape index (κ1) is 16.0. The molecule has 0 aliphatic carbocycles. The lowest BCUT2D eigenvalue weighted by molar-refractivity contribution is -0.169. The van der Waals surface area contributed by atoms with Gasteiger partial charge in [-0.3, -0.25) is 4.79 Å². The molecule has 1 fully saturated rings. The van der Waals surface area contributed by atoms with E-state index >= 15 is 0 Å². The van der Waals surface area contributed by atoms with Crippen molar-refractivity contribution in [2.24, 2.45) is 11.3 Å². The Morgan fingerprint density at radius 2 is 1.74 bits per heavy atom. The maximum atomic E-state index is 12.1. The minimum Gasteiger partial charge on any atom is -0.466 e. The van der Waals surface area contributed by atoms with E-state index in [9.17, 15) is 9.59 Å². The van der Waals surface area contributed by atoms with Gasteiger partial charge in [0, 0.05) is 5.92 Å². The highest BCUT2D eigenvalue weighted by molar-refractivity contribution is 5.81. The summed E-state index contributed by atoms with van der Waals surface area (Å²) >= 11 is 0. The average Bonchev–Trinajstić information content (AvgIpc) is 2.55. The highest BCUT2D eigenvalue weighted by Crippen LogP contribution is 2.47. The summed E-state index contributed by atoms with van der Waals surface area (Å²) < 4.78 is 15.7. The van der Waals surface area contributed by atoms with Crippen molar-refractivity contribution in [3.63, 3.8) is 0 Å². The second-order valence-corrected chi connectivity index (χ2v) is 5.67. The lowest BCUT2D eigenvalue weighted by Gasteiger charge is -2.32. The van der Waals surface area contributed by atoms with Crippen molar-refractivity contribution in [1.82, 2.24) is 0 Å². The zero-order chi connectivity index (χ0) is 14.7. The zero-order valence-corrected chi connectivity index (χ0v) is 12.4. The van der Waals surface area contributed by atoms with Crippen LogP contribution in [0.2, 0.25) is 0 Å². The number of rotatable bonds is 5. The van der Waals surface area contributed by atoms with Crippen LogP contribution >= 0.6 is 0 Å². The predicted molar refractivity (Wildman–Crippen MR) is 69.5 cm³/mol. The number of carbonyl (C=O) groups is 2. The Kier molecular flexibility index (Phi) is 4.96. The van der Waals surface area contributed by atoms with Gasteiger partial charge < -0.3 is 14.2 Å². The molecule has 0 aromatic heterocycles. The molecule has 0 amide bonds. The number of ether oxygens (including phenoxy) is 3. The number of esters is 2. The lowest BCUT2D eigenvalue weighted by atomic mass is 9.71. The van der Waals surface area contributed by atoms with Crippen LogP contribution in [0, 0.1) is 11.3 Å². The number of carbonyl (C=O) groups excluding carboxylic acids is 2. The third-order valence-corrected chi connectivity index (χ3v) is 3.71. The van der Waals surface area contributed by atoms with Crippen LogP contribution in [0.3, 0.4) is 0 Å². The third-order valence-electron chi connectivity index (χ3n) is 3.71. The van der Waals surface area contributed by atoms with E-state index in [4.69, 9.17) is 14.2 Å². The lowest BCUT2D eigenvalue weighted by Crippen LogP contribution is -2.46. The van der Waals surface area contributed by atoms with Gasteiger partial charge in [0.25, 0.3) is 0 Å². The maximum Gasteiger partial charge on any atom is 0.338 e. The summed E-state index contributed by atoms with van der Waals surface area (Å²) in [5, 5.41) is 0. The zero-order valence-electron chi connectivity index (χ0n) is 12.4. The van der Waals surface area contributed by atoms with Gasteiger partial charge in [-0.1, -0.05) is 13.8 Å². The molecule has 0 aromatic carbocycles. The fourth-order valence-electron chi connectivity index (χ4n) is 2.62. The molecule has 110 valence electrons. The van der Waals surface area contributed by atoms with E-state index in [0.29, 0.717) is 19.8 Å². The highest BCUT2D eigenvalue weighted by atomic mass is 16.6. The topological polar surface area (TPSA) is 61.8 Å². The summed E-state index contributed by atoms with van der Waals surface area (Å²) in [4.78, 5) is 23.8. The summed E-state index contributed by atoms with van der Waals surface area (Å²) in [6.45, 7) is 10.2. The Balaban J connectivity index is 2.91. The fraction of sp³-hybridized carbons (Fsp3) is 0.857. The molecule has 5 heteroatoms. The molecule has 0 saturated carbocycles. The quantitative estimate of drug-likeness (QED) is 0.716. The third kappa shape index (κ3) is 3.26. The van der Waals surface area contributed by atoms with E-state index in [2.05, 4.69) is 0 Å². The maximum absolute atomic E-state index is 12.1. The first-order chi connectivity index (χ1) is 8.78. The van der Waals surface area contributed by atoms with E-state index in [1.54, 1.807) is 20.8 Å². The van der Waals surface area contributed by atoms with Crippen molar-refractivity contribution >= 4 is 11.9 Å². The molecular weight excluding hydrogens is 248 g/mol. The molecule has 0 radical (unpaired) electrons. The summed E-state index contributed by atoms with van der Waals surface area (Å²) in [7, 11) is 0. The second kappa shape index (κ2) is 5.90. The molecule has 1 heterocycles. The second-order valence-electron chi connectivity index (χ2n) is 5.67. The smallest absolute Gasteiger partial charge is 0.338 e. The molecule has 0 unspecified atom stereocenters. The monoisotopic (exact) mass is 272 g/mol. The van der Waals surface area contributed by atoms with Gasteiger partial charge >= 0.3 is 11.9 Å². The summed E-state index contributed by atoms with van der Waals surface area (Å²) in [5.41, 5.74) is -1.35. The van der Waals surface area contributed by atoms with E-state index < -0.39 is 11.6 Å². The van der Waals surface area contributed by atoms with Crippen molar-refractivity contribution in [3.8, 4) is 0 Å². The van der Waals surface area contributed by atoms with Crippen molar-refractivity contribution in [1.29, 1.82) is 0 Å². The average molecular weight is 272 g/mol. The van der Waals surface area contributed by atoms with Gasteiger partial charge in [0.15, 0.2) is 5.60 Å². The Morgan fingerprint density at radius 3 is 2.26 bits per heavy atom. The van der Waals surface area contributed by atoms with Gasteiger partial charge in [0.05, 0.1) is 26.2 Å². The first-order valence-corrected chi connectivity index (χ1v) is 6.74. The van der Waals surface area contributed by atoms with Crippen LogP contribution in [-0.4, -0.2) is 37.4 Å². The molecule has 0 aromatic rings. The number of hydrogen-bond acceptors (Lipinski definition) is 5. The van der Waals surface area contributed by atoms with E-state index in [1.165, 1.54) is 0 Å². The van der Waals surface area contributed by atoms with E-state index in [-0.39, 0.29) is 23.7 Å². The van der Waals surface area contributed by atoms with Gasteiger partial charge in [0.1, 0.15) is 0 Å². The molecule has 0 bridgehead atoms. The Labute approximate surface area is 114 Å². The van der Waals surface area contributed by atoms with Crippen LogP contribution in [0.1, 0.15) is 41.0 Å². The molecule has 0 spiro atoms. The molecule has 1 rings (SSSR count). The van der Waals surface area contributed by atoms with Gasteiger partial charge in [-0.05, 0) is 26.2 Å². The van der Waals surface area contributed by atoms with Crippen molar-refractivity contribution < 1.29 is 23.8 Å². The van der Waals surface area contributed by atoms with Crippen LogP contribution < -0.4 is 0 Å². The molecule has 1 aliphatic heterocycles. The molecule has 1 aliphatic rings. The molecular formula is C14H24O5. The molecule has 19 heavy (non-hydrogen) atoms. The van der Waals surface area contributed by atoms with Crippen molar-refractivity contribution in [3.05, 3.63) is 0 Å². The Bertz CT molecular complexity index is 350. The largest absolute Gasteiger partial charge is 0.466 e. The predicted octanol–water partition coefficient (Wildman–Crippen LogP) is 1.93. The molecule has 0 N–H and O–H groups in total. The first-order valence-electron chi connectivity index (χ1n) is 6.74. The molecule has 5 nitrogen and oxygen atoms in total. The Hall–Kier alpha value is -1.10. The van der Waals surface area contributed by atoms with Crippen LogP contribution in [0.25, 0.3) is 0 Å². The van der Waals surface area contributed by atoms with Gasteiger partial charge in [-0.2, -0.15) is 0 Å². The van der Waals surface area contributed by atoms with Gasteiger partial charge in [-0.25, -0.2) is 4.79 Å². The van der Waals surface area contributed by atoms with Crippen LogP contribution in [0.15, 0.2) is 0 Å². The van der Waals surface area contributed by atoms with E-state index in [1.807, 2.05) is 13.8 Å². The molecule has 1 saturated heterocycles. The summed E-state index contributed by atoms with van der Waals surface area (Å²) in [6, 6.07) is 0. The van der Waals surface area contributed by atoms with Crippen molar-refractivity contribution in [2.45, 2.75) is 46.6 Å². The van der Waals surface area contributed by atoms with Gasteiger partial charge in [-0.15, -0.1) is 0 Å². The number of hydrogen-bond donors (Lipinski definition) is 0. The van der Waals surface area contributed by atoms with Gasteiger partial charge in [0.2, 0.25) is 0 Å². The van der Waals surface area contributed by atoms with Crippen molar-refractivity contribution in [2.75, 3.05) is 19.8 Å². The normalized spacial score (nSPS) is 29.0.